The molecule has 2 rings (SSSR count). The molecule has 25 heavy (non-hydrogen) atoms. The monoisotopic (exact) mass is 376 g/mol. The third-order valence-corrected chi connectivity index (χ3v) is 5.38. The Balaban J connectivity index is 2.06. The summed E-state index contributed by atoms with van der Waals surface area (Å²) in [5, 5.41) is 0. The van der Waals surface area contributed by atoms with Crippen LogP contribution < -0.4 is 4.74 Å². The van der Waals surface area contributed by atoms with Gasteiger partial charge in [-0.25, -0.2) is 0 Å². The van der Waals surface area contributed by atoms with Gasteiger partial charge in [0.2, 0.25) is 0 Å². The van der Waals surface area contributed by atoms with Gasteiger partial charge in [0, 0.05) is 6.42 Å². The van der Waals surface area contributed by atoms with Crippen LogP contribution in [0.4, 0.5) is 13.2 Å². The van der Waals surface area contributed by atoms with Crippen molar-refractivity contribution in [2.24, 2.45) is 0 Å². The molecule has 0 bridgehead atoms. The van der Waals surface area contributed by atoms with Gasteiger partial charge in [0.15, 0.2) is 6.29 Å². The number of benzene rings is 1. The van der Waals surface area contributed by atoms with Crippen molar-refractivity contribution in [2.75, 3.05) is 12.4 Å². The maximum atomic E-state index is 13.4. The summed E-state index contributed by atoms with van der Waals surface area (Å²) in [7, 11) is 0. The molecule has 1 saturated heterocycles. The van der Waals surface area contributed by atoms with Crippen LogP contribution in [0.3, 0.4) is 0 Å². The number of thioether (sulfide) groups is 1. The van der Waals surface area contributed by atoms with Crippen LogP contribution in [-0.2, 0) is 10.9 Å². The van der Waals surface area contributed by atoms with Crippen molar-refractivity contribution < 1.29 is 22.6 Å². The standard InChI is InChI=1S/C19H27F3O2S/c1-2-3-4-5-8-14-25-18-15(19(20,21)22)10-9-11-16(18)24-17-12-6-7-13-23-17/h9-11,17H,2-8,12-14H2,1H3. The van der Waals surface area contributed by atoms with E-state index < -0.39 is 18.0 Å². The summed E-state index contributed by atoms with van der Waals surface area (Å²) in [6.45, 7) is 2.74. The number of hydrogen-bond acceptors (Lipinski definition) is 3. The van der Waals surface area contributed by atoms with E-state index in [1.165, 1.54) is 24.2 Å². The zero-order chi connectivity index (χ0) is 18.1. The van der Waals surface area contributed by atoms with E-state index in [1.54, 1.807) is 6.07 Å². The number of halogens is 3. The molecule has 6 heteroatoms. The molecule has 1 fully saturated rings. The zero-order valence-electron chi connectivity index (χ0n) is 14.7. The Labute approximate surface area is 152 Å². The normalized spacial score (nSPS) is 18.3. The molecule has 1 unspecified atom stereocenters. The molecular formula is C19H27F3O2S. The van der Waals surface area contributed by atoms with Gasteiger partial charge in [-0.3, -0.25) is 0 Å². The SMILES string of the molecule is CCCCCCCSc1c(OC2CCCCO2)cccc1C(F)(F)F. The minimum atomic E-state index is -4.38. The number of rotatable bonds is 9. The summed E-state index contributed by atoms with van der Waals surface area (Å²) in [6.07, 6.45) is 3.28. The van der Waals surface area contributed by atoms with Gasteiger partial charge in [-0.2, -0.15) is 13.2 Å². The minimum Gasteiger partial charge on any atom is -0.464 e. The zero-order valence-corrected chi connectivity index (χ0v) is 15.6. The second-order valence-electron chi connectivity index (χ2n) is 6.31. The molecule has 0 amide bonds. The third-order valence-electron chi connectivity index (χ3n) is 4.17. The Hall–Kier alpha value is -0.880. The molecule has 1 aliphatic heterocycles. The maximum absolute atomic E-state index is 13.4. The average molecular weight is 376 g/mol. The average Bonchev–Trinajstić information content (AvgIpc) is 2.59. The molecule has 1 aromatic carbocycles. The Kier molecular flexibility index (Phi) is 8.43. The fourth-order valence-corrected chi connectivity index (χ4v) is 3.96. The molecule has 0 aliphatic carbocycles. The van der Waals surface area contributed by atoms with Crippen LogP contribution in [0.5, 0.6) is 5.75 Å². The lowest BCUT2D eigenvalue weighted by atomic mass is 10.2. The van der Waals surface area contributed by atoms with Crippen LogP contribution in [0.25, 0.3) is 0 Å². The second-order valence-corrected chi connectivity index (χ2v) is 7.41. The lowest BCUT2D eigenvalue weighted by Gasteiger charge is -2.25. The van der Waals surface area contributed by atoms with E-state index in [-0.39, 0.29) is 4.90 Å². The van der Waals surface area contributed by atoms with Crippen LogP contribution in [0, 0.1) is 0 Å². The predicted molar refractivity (Wildman–Crippen MR) is 95.1 cm³/mol. The van der Waals surface area contributed by atoms with Crippen LogP contribution in [0.15, 0.2) is 23.1 Å². The first kappa shape index (κ1) is 20.4. The first-order valence-electron chi connectivity index (χ1n) is 9.13. The van der Waals surface area contributed by atoms with Crippen LogP contribution in [0.2, 0.25) is 0 Å². The Morgan fingerprint density at radius 3 is 2.64 bits per heavy atom. The van der Waals surface area contributed by atoms with Gasteiger partial charge in [-0.1, -0.05) is 38.7 Å². The smallest absolute Gasteiger partial charge is 0.417 e. The van der Waals surface area contributed by atoms with Gasteiger partial charge in [0.25, 0.3) is 0 Å². The van der Waals surface area contributed by atoms with Crippen molar-refractivity contribution in [2.45, 2.75) is 75.7 Å². The minimum absolute atomic E-state index is 0.194. The molecule has 0 spiro atoms. The summed E-state index contributed by atoms with van der Waals surface area (Å²) in [4.78, 5) is 0.194. The highest BCUT2D eigenvalue weighted by Crippen LogP contribution is 2.42. The molecule has 142 valence electrons. The van der Waals surface area contributed by atoms with Crippen molar-refractivity contribution in [1.29, 1.82) is 0 Å². The molecule has 1 atom stereocenters. The highest BCUT2D eigenvalue weighted by atomic mass is 32.2. The Bertz CT molecular complexity index is 514. The van der Waals surface area contributed by atoms with Crippen molar-refractivity contribution in [3.05, 3.63) is 23.8 Å². The number of ether oxygens (including phenoxy) is 2. The summed E-state index contributed by atoms with van der Waals surface area (Å²) >= 11 is 1.25. The van der Waals surface area contributed by atoms with E-state index in [4.69, 9.17) is 9.47 Å². The number of hydrogen-bond donors (Lipinski definition) is 0. The summed E-state index contributed by atoms with van der Waals surface area (Å²) in [5.41, 5.74) is -0.612. The van der Waals surface area contributed by atoms with E-state index in [1.807, 2.05) is 0 Å². The van der Waals surface area contributed by atoms with Gasteiger partial charge in [0.1, 0.15) is 5.75 Å². The fourth-order valence-electron chi connectivity index (χ4n) is 2.81. The van der Waals surface area contributed by atoms with E-state index in [0.29, 0.717) is 18.1 Å². The Morgan fingerprint density at radius 1 is 1.16 bits per heavy atom. The molecule has 0 aromatic heterocycles. The molecule has 1 heterocycles. The van der Waals surface area contributed by atoms with Gasteiger partial charge in [-0.05, 0) is 37.1 Å². The number of alkyl halides is 3. The maximum Gasteiger partial charge on any atom is 0.417 e. The van der Waals surface area contributed by atoms with Crippen LogP contribution in [-0.4, -0.2) is 18.6 Å². The van der Waals surface area contributed by atoms with Crippen molar-refractivity contribution >= 4 is 11.8 Å². The van der Waals surface area contributed by atoms with Crippen molar-refractivity contribution in [3.8, 4) is 5.75 Å². The van der Waals surface area contributed by atoms with Crippen molar-refractivity contribution in [1.82, 2.24) is 0 Å². The summed E-state index contributed by atoms with van der Waals surface area (Å²) in [5.74, 6) is 0.957. The largest absolute Gasteiger partial charge is 0.464 e. The van der Waals surface area contributed by atoms with Gasteiger partial charge in [0.05, 0.1) is 17.1 Å². The third kappa shape index (κ3) is 6.74. The molecule has 2 nitrogen and oxygen atoms in total. The quantitative estimate of drug-likeness (QED) is 0.354. The first-order valence-corrected chi connectivity index (χ1v) is 10.1. The second kappa shape index (κ2) is 10.3. The highest BCUT2D eigenvalue weighted by molar-refractivity contribution is 7.99. The molecule has 0 N–H and O–H groups in total. The molecule has 1 aromatic rings. The predicted octanol–water partition coefficient (Wildman–Crippen LogP) is 6.67. The first-order chi connectivity index (χ1) is 12.0. The highest BCUT2D eigenvalue weighted by Gasteiger charge is 2.35. The lowest BCUT2D eigenvalue weighted by molar-refractivity contribution is -0.141. The molecule has 0 saturated carbocycles. The number of unbranched alkanes of at least 4 members (excludes halogenated alkanes) is 4. The van der Waals surface area contributed by atoms with Gasteiger partial charge >= 0.3 is 6.18 Å². The van der Waals surface area contributed by atoms with E-state index in [2.05, 4.69) is 6.92 Å². The molecular weight excluding hydrogens is 349 g/mol. The summed E-state index contributed by atoms with van der Waals surface area (Å²) < 4.78 is 51.4. The van der Waals surface area contributed by atoms with E-state index >= 15 is 0 Å². The van der Waals surface area contributed by atoms with Gasteiger partial charge in [-0.15, -0.1) is 11.8 Å². The van der Waals surface area contributed by atoms with Crippen molar-refractivity contribution in [3.63, 3.8) is 0 Å². The van der Waals surface area contributed by atoms with E-state index in [0.717, 1.165) is 51.0 Å². The summed E-state index contributed by atoms with van der Waals surface area (Å²) in [6, 6.07) is 4.16. The van der Waals surface area contributed by atoms with E-state index in [9.17, 15) is 13.2 Å². The van der Waals surface area contributed by atoms with Crippen LogP contribution in [0.1, 0.15) is 63.9 Å². The fraction of sp³-hybridized carbons (Fsp3) is 0.684. The molecule has 0 radical (unpaired) electrons. The molecule has 1 aliphatic rings. The Morgan fingerprint density at radius 2 is 1.96 bits per heavy atom. The van der Waals surface area contributed by atoms with Gasteiger partial charge < -0.3 is 9.47 Å². The lowest BCUT2D eigenvalue weighted by Crippen LogP contribution is -2.25. The topological polar surface area (TPSA) is 18.5 Å². The van der Waals surface area contributed by atoms with Crippen LogP contribution >= 0.6 is 11.8 Å².